The number of hydrogen-bond acceptors (Lipinski definition) is 4. The van der Waals surface area contributed by atoms with Gasteiger partial charge in [-0.25, -0.2) is 0 Å². The summed E-state index contributed by atoms with van der Waals surface area (Å²) < 4.78 is 1.48. The predicted molar refractivity (Wildman–Crippen MR) is 121 cm³/mol. The number of nitrogens with zero attached hydrogens (tertiary/aromatic N) is 3. The minimum Gasteiger partial charge on any atom is -0.351 e. The van der Waals surface area contributed by atoms with Crippen molar-refractivity contribution in [3.8, 4) is 0 Å². The van der Waals surface area contributed by atoms with Gasteiger partial charge in [-0.2, -0.15) is 5.10 Å². The van der Waals surface area contributed by atoms with Crippen molar-refractivity contribution in [2.75, 3.05) is 13.6 Å². The van der Waals surface area contributed by atoms with Crippen molar-refractivity contribution in [2.24, 2.45) is 0 Å². The van der Waals surface area contributed by atoms with Gasteiger partial charge in [-0.3, -0.25) is 19.1 Å². The molecule has 0 saturated heterocycles. The van der Waals surface area contributed by atoms with Gasteiger partial charge in [0, 0.05) is 30.7 Å². The highest BCUT2D eigenvalue weighted by Gasteiger charge is 2.46. The normalized spacial score (nSPS) is 20.8. The minimum atomic E-state index is -1.07. The van der Waals surface area contributed by atoms with Crippen LogP contribution in [0.4, 0.5) is 0 Å². The van der Waals surface area contributed by atoms with Crippen molar-refractivity contribution >= 4 is 29.3 Å². The Balaban J connectivity index is 1.43. The Kier molecular flexibility index (Phi) is 6.24. The van der Waals surface area contributed by atoms with Crippen LogP contribution >= 0.6 is 11.6 Å². The lowest BCUT2D eigenvalue weighted by molar-refractivity contribution is -0.133. The van der Waals surface area contributed by atoms with Gasteiger partial charge < -0.3 is 15.5 Å². The summed E-state index contributed by atoms with van der Waals surface area (Å²) in [7, 11) is 1.62. The van der Waals surface area contributed by atoms with Gasteiger partial charge in [0.15, 0.2) is 5.69 Å². The molecule has 2 N–H and O–H groups in total. The molecule has 2 heterocycles. The molecule has 2 aromatic rings. The van der Waals surface area contributed by atoms with E-state index in [1.165, 1.54) is 15.6 Å². The highest BCUT2D eigenvalue weighted by Crippen LogP contribution is 2.27. The first kappa shape index (κ1) is 22.3. The number of halogens is 1. The molecule has 0 unspecified atom stereocenters. The molecule has 32 heavy (non-hydrogen) atoms. The molecule has 9 heteroatoms. The highest BCUT2D eigenvalue weighted by atomic mass is 35.5. The number of rotatable bonds is 6. The Morgan fingerprint density at radius 3 is 2.59 bits per heavy atom. The molecule has 1 aliphatic heterocycles. The number of nitrogens with one attached hydrogen (secondary N) is 2. The van der Waals surface area contributed by atoms with Gasteiger partial charge in [0.1, 0.15) is 11.2 Å². The van der Waals surface area contributed by atoms with Crippen LogP contribution in [0.25, 0.3) is 0 Å². The SMILES string of the molecule is CN1C(=O)c2cc(C(=O)NCCc3ccc(Cl)cc3)nn2C[C@@]1(C)C(=O)NC1CCCC1. The van der Waals surface area contributed by atoms with Gasteiger partial charge in [0.25, 0.3) is 11.8 Å². The molecule has 1 saturated carbocycles. The highest BCUT2D eigenvalue weighted by molar-refractivity contribution is 6.30. The summed E-state index contributed by atoms with van der Waals surface area (Å²) in [6, 6.07) is 9.09. The maximum absolute atomic E-state index is 13.0. The molecule has 4 rings (SSSR count). The van der Waals surface area contributed by atoms with Crippen molar-refractivity contribution in [3.05, 3.63) is 52.3 Å². The number of amides is 3. The van der Waals surface area contributed by atoms with Crippen molar-refractivity contribution in [1.82, 2.24) is 25.3 Å². The molecule has 0 spiro atoms. The first-order chi connectivity index (χ1) is 15.3. The zero-order chi connectivity index (χ0) is 22.9. The lowest BCUT2D eigenvalue weighted by atomic mass is 9.95. The summed E-state index contributed by atoms with van der Waals surface area (Å²) >= 11 is 5.89. The molecular formula is C23H28ClN5O3. The van der Waals surface area contributed by atoms with Gasteiger partial charge in [0.2, 0.25) is 5.91 Å². The van der Waals surface area contributed by atoms with Crippen LogP contribution in [-0.4, -0.2) is 57.6 Å². The first-order valence-electron chi connectivity index (χ1n) is 11.0. The van der Waals surface area contributed by atoms with Crippen molar-refractivity contribution in [2.45, 2.75) is 57.2 Å². The van der Waals surface area contributed by atoms with Gasteiger partial charge in [-0.15, -0.1) is 0 Å². The molecule has 1 aromatic heterocycles. The minimum absolute atomic E-state index is 0.156. The zero-order valence-electron chi connectivity index (χ0n) is 18.4. The Morgan fingerprint density at radius 2 is 1.91 bits per heavy atom. The van der Waals surface area contributed by atoms with Gasteiger partial charge in [0.05, 0.1) is 6.54 Å². The lowest BCUT2D eigenvalue weighted by Crippen LogP contribution is -2.63. The van der Waals surface area contributed by atoms with Crippen LogP contribution in [0.3, 0.4) is 0 Å². The van der Waals surface area contributed by atoms with Gasteiger partial charge >= 0.3 is 0 Å². The van der Waals surface area contributed by atoms with E-state index in [-0.39, 0.29) is 36.0 Å². The van der Waals surface area contributed by atoms with Crippen LogP contribution in [0.2, 0.25) is 5.02 Å². The molecular weight excluding hydrogens is 430 g/mol. The lowest BCUT2D eigenvalue weighted by Gasteiger charge is -2.41. The van der Waals surface area contributed by atoms with E-state index in [0.717, 1.165) is 31.2 Å². The summed E-state index contributed by atoms with van der Waals surface area (Å²) in [6.45, 7) is 2.37. The molecule has 170 valence electrons. The summed E-state index contributed by atoms with van der Waals surface area (Å²) in [5.74, 6) is -0.864. The summed E-state index contributed by atoms with van der Waals surface area (Å²) in [6.07, 6.45) is 4.80. The molecule has 2 aliphatic rings. The third-order valence-corrected chi connectivity index (χ3v) is 6.78. The van der Waals surface area contributed by atoms with Crippen LogP contribution < -0.4 is 10.6 Å². The topological polar surface area (TPSA) is 96.3 Å². The molecule has 3 amide bonds. The fourth-order valence-electron chi connectivity index (χ4n) is 4.31. The van der Waals surface area contributed by atoms with E-state index < -0.39 is 5.54 Å². The standard InChI is InChI=1S/C23H28ClN5O3/c1-23(22(32)26-17-5-3-4-6-17)14-29-19(21(31)28(23)2)13-18(27-29)20(30)25-12-11-15-7-9-16(24)10-8-15/h7-10,13,17H,3-6,11-12,14H2,1-2H3,(H,25,30)(H,26,32)/t23-/m0/s1. The van der Waals surface area contributed by atoms with Crippen molar-refractivity contribution < 1.29 is 14.4 Å². The monoisotopic (exact) mass is 457 g/mol. The number of carbonyl (C=O) groups is 3. The molecule has 1 aliphatic carbocycles. The second-order valence-corrected chi connectivity index (χ2v) is 9.23. The number of likely N-dealkylation sites (N-methyl/N-ethyl adjacent to an activating group) is 1. The third kappa shape index (κ3) is 4.37. The van der Waals surface area contributed by atoms with Crippen molar-refractivity contribution in [1.29, 1.82) is 0 Å². The number of benzene rings is 1. The maximum atomic E-state index is 13.0. The average molecular weight is 458 g/mol. The molecule has 1 fully saturated rings. The fourth-order valence-corrected chi connectivity index (χ4v) is 4.44. The average Bonchev–Trinajstić information content (AvgIpc) is 3.43. The Hall–Kier alpha value is -2.87. The van der Waals surface area contributed by atoms with E-state index >= 15 is 0 Å². The van der Waals surface area contributed by atoms with E-state index in [9.17, 15) is 14.4 Å². The van der Waals surface area contributed by atoms with Crippen molar-refractivity contribution in [3.63, 3.8) is 0 Å². The molecule has 0 bridgehead atoms. The summed E-state index contributed by atoms with van der Waals surface area (Å²) in [5, 5.41) is 10.9. The first-order valence-corrected chi connectivity index (χ1v) is 11.4. The van der Waals surface area contributed by atoms with Crippen LogP contribution in [0.15, 0.2) is 30.3 Å². The number of fused-ring (bicyclic) bond motifs is 1. The van der Waals surface area contributed by atoms with Crippen LogP contribution in [0.5, 0.6) is 0 Å². The summed E-state index contributed by atoms with van der Waals surface area (Å²) in [4.78, 5) is 40.1. The molecule has 8 nitrogen and oxygen atoms in total. The molecule has 1 aromatic carbocycles. The number of carbonyl (C=O) groups excluding carboxylic acids is 3. The van der Waals surface area contributed by atoms with E-state index in [2.05, 4.69) is 15.7 Å². The van der Waals surface area contributed by atoms with E-state index in [0.29, 0.717) is 23.7 Å². The number of aromatic nitrogens is 2. The van der Waals surface area contributed by atoms with E-state index in [1.54, 1.807) is 14.0 Å². The maximum Gasteiger partial charge on any atom is 0.272 e. The Labute approximate surface area is 192 Å². The Morgan fingerprint density at radius 1 is 1.22 bits per heavy atom. The smallest absolute Gasteiger partial charge is 0.272 e. The quantitative estimate of drug-likeness (QED) is 0.696. The predicted octanol–water partition coefficient (Wildman–Crippen LogP) is 2.41. The largest absolute Gasteiger partial charge is 0.351 e. The van der Waals surface area contributed by atoms with Crippen LogP contribution in [0.1, 0.15) is 59.1 Å². The van der Waals surface area contributed by atoms with Crippen LogP contribution in [-0.2, 0) is 17.8 Å². The fraction of sp³-hybridized carbons (Fsp3) is 0.478. The van der Waals surface area contributed by atoms with E-state index in [4.69, 9.17) is 11.6 Å². The second-order valence-electron chi connectivity index (χ2n) is 8.80. The van der Waals surface area contributed by atoms with Gasteiger partial charge in [-0.05, 0) is 43.9 Å². The Bertz CT molecular complexity index is 1030. The second kappa shape index (κ2) is 8.94. The number of hydrogen-bond donors (Lipinski definition) is 2. The van der Waals surface area contributed by atoms with Crippen LogP contribution in [0, 0.1) is 0 Å². The molecule has 0 radical (unpaired) electrons. The third-order valence-electron chi connectivity index (χ3n) is 6.53. The molecule has 1 atom stereocenters. The zero-order valence-corrected chi connectivity index (χ0v) is 19.1. The van der Waals surface area contributed by atoms with E-state index in [1.807, 2.05) is 24.3 Å². The summed E-state index contributed by atoms with van der Waals surface area (Å²) in [5.41, 5.74) is 0.459. The van der Waals surface area contributed by atoms with Gasteiger partial charge in [-0.1, -0.05) is 36.6 Å².